The number of aromatic nitrogens is 4. The van der Waals surface area contributed by atoms with Gasteiger partial charge in [-0.2, -0.15) is 0 Å². The number of nitrogens with one attached hydrogen (secondary N) is 1. The van der Waals surface area contributed by atoms with Gasteiger partial charge in [0.1, 0.15) is 11.8 Å². The fourth-order valence-corrected chi connectivity index (χ4v) is 2.97. The predicted molar refractivity (Wildman–Crippen MR) is 96.0 cm³/mol. The van der Waals surface area contributed by atoms with E-state index in [9.17, 15) is 4.79 Å². The Balaban J connectivity index is 1.40. The number of benzene rings is 1. The first-order valence-corrected chi connectivity index (χ1v) is 8.22. The summed E-state index contributed by atoms with van der Waals surface area (Å²) in [4.78, 5) is 32.2. The summed E-state index contributed by atoms with van der Waals surface area (Å²) >= 11 is 0. The van der Waals surface area contributed by atoms with Crippen molar-refractivity contribution in [2.24, 2.45) is 0 Å². The number of carbonyl (C=O) groups is 1. The number of aromatic amines is 1. The van der Waals surface area contributed by atoms with E-state index in [0.717, 1.165) is 30.0 Å². The molecule has 0 spiro atoms. The third-order valence-corrected chi connectivity index (χ3v) is 4.31. The smallest absolute Gasteiger partial charge is 0.246 e. The minimum atomic E-state index is 0.0397. The van der Waals surface area contributed by atoms with Crippen LogP contribution in [0, 0.1) is 0 Å². The Morgan fingerprint density at radius 1 is 1.04 bits per heavy atom. The van der Waals surface area contributed by atoms with E-state index in [1.165, 1.54) is 6.33 Å². The van der Waals surface area contributed by atoms with Crippen LogP contribution in [0.2, 0.25) is 0 Å². The van der Waals surface area contributed by atoms with Gasteiger partial charge in [0.25, 0.3) is 0 Å². The van der Waals surface area contributed by atoms with Crippen molar-refractivity contribution in [3.8, 4) is 0 Å². The molecule has 0 atom stereocenters. The molecule has 0 unspecified atom stereocenters. The molecule has 0 radical (unpaired) electrons. The van der Waals surface area contributed by atoms with Gasteiger partial charge >= 0.3 is 0 Å². The van der Waals surface area contributed by atoms with Crippen LogP contribution >= 0.6 is 0 Å². The average Bonchev–Trinajstić information content (AvgIpc) is 3.16. The highest BCUT2D eigenvalue weighted by Crippen LogP contribution is 2.20. The largest absolute Gasteiger partial charge is 0.351 e. The molecule has 1 N–H and O–H groups in total. The van der Waals surface area contributed by atoms with Crippen LogP contribution in [-0.2, 0) is 4.79 Å². The van der Waals surface area contributed by atoms with Crippen molar-refractivity contribution in [1.29, 1.82) is 0 Å². The Morgan fingerprint density at radius 2 is 1.84 bits per heavy atom. The zero-order valence-electron chi connectivity index (χ0n) is 13.7. The fourth-order valence-electron chi connectivity index (χ4n) is 2.97. The number of anilines is 1. The van der Waals surface area contributed by atoms with Gasteiger partial charge in [0.05, 0.1) is 6.33 Å². The van der Waals surface area contributed by atoms with E-state index in [-0.39, 0.29) is 5.91 Å². The third-order valence-electron chi connectivity index (χ3n) is 4.31. The minimum absolute atomic E-state index is 0.0397. The standard InChI is InChI=1S/C18H18N6O/c25-15(7-6-14-4-2-1-3-5-14)23-8-10-24(11-9-23)18-16-17(20-12-19-16)21-13-22-18/h1-7,12-13H,8-11H2,(H,19,20,21,22). The van der Waals surface area contributed by atoms with E-state index in [1.54, 1.807) is 12.4 Å². The minimum Gasteiger partial charge on any atom is -0.351 e. The second kappa shape index (κ2) is 6.72. The topological polar surface area (TPSA) is 78.0 Å². The SMILES string of the molecule is O=C(C=Cc1ccccc1)N1CCN(c2ncnc3nc[nH]c23)CC1. The van der Waals surface area contributed by atoms with Gasteiger partial charge in [-0.15, -0.1) is 0 Å². The lowest BCUT2D eigenvalue weighted by Gasteiger charge is -2.34. The summed E-state index contributed by atoms with van der Waals surface area (Å²) in [6.45, 7) is 2.79. The predicted octanol–water partition coefficient (Wildman–Crippen LogP) is 1.71. The maximum atomic E-state index is 12.4. The second-order valence-electron chi connectivity index (χ2n) is 5.85. The molecule has 1 fully saturated rings. The highest BCUT2D eigenvalue weighted by Gasteiger charge is 2.22. The number of rotatable bonds is 3. The summed E-state index contributed by atoms with van der Waals surface area (Å²) in [5.41, 5.74) is 2.53. The summed E-state index contributed by atoms with van der Waals surface area (Å²) in [7, 11) is 0. The molecule has 3 aromatic rings. The summed E-state index contributed by atoms with van der Waals surface area (Å²) in [6.07, 6.45) is 6.64. The number of fused-ring (bicyclic) bond motifs is 1. The van der Waals surface area contributed by atoms with Crippen LogP contribution in [0.5, 0.6) is 0 Å². The lowest BCUT2D eigenvalue weighted by Crippen LogP contribution is -2.48. The van der Waals surface area contributed by atoms with Crippen molar-refractivity contribution < 1.29 is 4.79 Å². The molecule has 7 nitrogen and oxygen atoms in total. The Bertz CT molecular complexity index is 896. The van der Waals surface area contributed by atoms with E-state index in [1.807, 2.05) is 41.3 Å². The van der Waals surface area contributed by atoms with Crippen LogP contribution in [0.15, 0.2) is 49.1 Å². The molecule has 1 aromatic carbocycles. The number of nitrogens with zero attached hydrogens (tertiary/aromatic N) is 5. The highest BCUT2D eigenvalue weighted by molar-refractivity contribution is 5.92. The molecular formula is C18H18N6O. The first-order chi connectivity index (χ1) is 12.3. The van der Waals surface area contributed by atoms with Crippen molar-refractivity contribution >= 4 is 29.0 Å². The van der Waals surface area contributed by atoms with E-state index in [0.29, 0.717) is 18.7 Å². The maximum Gasteiger partial charge on any atom is 0.246 e. The molecule has 1 aliphatic rings. The molecule has 1 saturated heterocycles. The molecule has 3 heterocycles. The number of piperazine rings is 1. The number of carbonyl (C=O) groups excluding carboxylic acids is 1. The summed E-state index contributed by atoms with van der Waals surface area (Å²) in [6, 6.07) is 9.84. The van der Waals surface area contributed by atoms with Gasteiger partial charge in [-0.3, -0.25) is 4.79 Å². The number of hydrogen-bond donors (Lipinski definition) is 1. The first kappa shape index (κ1) is 15.3. The number of amides is 1. The van der Waals surface area contributed by atoms with Crippen molar-refractivity contribution in [2.75, 3.05) is 31.1 Å². The van der Waals surface area contributed by atoms with Gasteiger partial charge in [-0.25, -0.2) is 15.0 Å². The number of H-pyrrole nitrogens is 1. The van der Waals surface area contributed by atoms with E-state index >= 15 is 0 Å². The molecule has 126 valence electrons. The monoisotopic (exact) mass is 334 g/mol. The maximum absolute atomic E-state index is 12.4. The van der Waals surface area contributed by atoms with Gasteiger partial charge in [0, 0.05) is 32.3 Å². The van der Waals surface area contributed by atoms with Crippen molar-refractivity contribution in [3.05, 3.63) is 54.6 Å². The van der Waals surface area contributed by atoms with Crippen LogP contribution in [0.3, 0.4) is 0 Å². The van der Waals surface area contributed by atoms with E-state index in [2.05, 4.69) is 24.8 Å². The van der Waals surface area contributed by atoms with Gasteiger partial charge in [-0.1, -0.05) is 30.3 Å². The molecule has 0 saturated carbocycles. The molecule has 7 heteroatoms. The number of hydrogen-bond acceptors (Lipinski definition) is 5. The lowest BCUT2D eigenvalue weighted by atomic mass is 10.2. The quantitative estimate of drug-likeness (QED) is 0.738. The molecule has 4 rings (SSSR count). The molecule has 0 aliphatic carbocycles. The molecule has 1 amide bonds. The van der Waals surface area contributed by atoms with Crippen LogP contribution in [0.1, 0.15) is 5.56 Å². The lowest BCUT2D eigenvalue weighted by molar-refractivity contribution is -0.126. The van der Waals surface area contributed by atoms with Gasteiger partial charge in [0.15, 0.2) is 11.5 Å². The normalized spacial score (nSPS) is 15.2. The highest BCUT2D eigenvalue weighted by atomic mass is 16.2. The van der Waals surface area contributed by atoms with Crippen LogP contribution in [-0.4, -0.2) is 56.9 Å². The molecule has 25 heavy (non-hydrogen) atoms. The Hall–Kier alpha value is -3.22. The summed E-state index contributed by atoms with van der Waals surface area (Å²) in [5.74, 6) is 0.882. The van der Waals surface area contributed by atoms with Gasteiger partial charge in [-0.05, 0) is 11.6 Å². The van der Waals surface area contributed by atoms with Crippen LogP contribution in [0.25, 0.3) is 17.2 Å². The molecule has 1 aliphatic heterocycles. The second-order valence-corrected chi connectivity index (χ2v) is 5.85. The average molecular weight is 334 g/mol. The van der Waals surface area contributed by atoms with Crippen molar-refractivity contribution in [1.82, 2.24) is 24.8 Å². The van der Waals surface area contributed by atoms with E-state index in [4.69, 9.17) is 0 Å². The fraction of sp³-hybridized carbons (Fsp3) is 0.222. The molecular weight excluding hydrogens is 316 g/mol. The van der Waals surface area contributed by atoms with Gasteiger partial charge < -0.3 is 14.8 Å². The number of imidazole rings is 1. The summed E-state index contributed by atoms with van der Waals surface area (Å²) < 4.78 is 0. The Labute approximate surface area is 145 Å². The van der Waals surface area contributed by atoms with Crippen molar-refractivity contribution in [3.63, 3.8) is 0 Å². The van der Waals surface area contributed by atoms with Gasteiger partial charge in [0.2, 0.25) is 5.91 Å². The molecule has 2 aromatic heterocycles. The van der Waals surface area contributed by atoms with Crippen molar-refractivity contribution in [2.45, 2.75) is 0 Å². The van der Waals surface area contributed by atoms with Crippen LogP contribution in [0.4, 0.5) is 5.82 Å². The van der Waals surface area contributed by atoms with Crippen LogP contribution < -0.4 is 4.90 Å². The third kappa shape index (κ3) is 3.21. The van der Waals surface area contributed by atoms with E-state index < -0.39 is 0 Å². The zero-order chi connectivity index (χ0) is 17.1. The molecule has 0 bridgehead atoms. The zero-order valence-corrected chi connectivity index (χ0v) is 13.7. The summed E-state index contributed by atoms with van der Waals surface area (Å²) in [5, 5.41) is 0. The first-order valence-electron chi connectivity index (χ1n) is 8.22. The Kier molecular flexibility index (Phi) is 4.12. The Morgan fingerprint density at radius 3 is 2.64 bits per heavy atom.